The van der Waals surface area contributed by atoms with Crippen LogP contribution in [-0.4, -0.2) is 35.6 Å². The maximum atomic E-state index is 12.0. The van der Waals surface area contributed by atoms with E-state index in [2.05, 4.69) is 10.6 Å². The smallest absolute Gasteiger partial charge is 0.261 e. The minimum Gasteiger partial charge on any atom is -0.393 e. The Kier molecular flexibility index (Phi) is 5.76. The van der Waals surface area contributed by atoms with E-state index in [-0.39, 0.29) is 23.8 Å². The van der Waals surface area contributed by atoms with Gasteiger partial charge in [0.05, 0.1) is 11.0 Å². The van der Waals surface area contributed by atoms with Crippen molar-refractivity contribution in [2.24, 2.45) is 5.92 Å². The summed E-state index contributed by atoms with van der Waals surface area (Å²) in [6.07, 6.45) is 3.58. The number of amides is 2. The van der Waals surface area contributed by atoms with E-state index in [1.54, 1.807) is 19.1 Å². The summed E-state index contributed by atoms with van der Waals surface area (Å²) in [7, 11) is 0. The van der Waals surface area contributed by atoms with Crippen molar-refractivity contribution in [3.05, 3.63) is 22.4 Å². The highest BCUT2D eigenvalue weighted by atomic mass is 32.1. The number of hydrogen-bond acceptors (Lipinski definition) is 4. The Morgan fingerprint density at radius 1 is 1.43 bits per heavy atom. The van der Waals surface area contributed by atoms with Gasteiger partial charge in [-0.2, -0.15) is 0 Å². The van der Waals surface area contributed by atoms with Crippen molar-refractivity contribution < 1.29 is 14.7 Å². The second-order valence-electron chi connectivity index (χ2n) is 5.53. The first-order valence-corrected chi connectivity index (χ1v) is 8.26. The minimum absolute atomic E-state index is 0.128. The Morgan fingerprint density at radius 3 is 2.86 bits per heavy atom. The van der Waals surface area contributed by atoms with Crippen LogP contribution < -0.4 is 10.6 Å². The van der Waals surface area contributed by atoms with E-state index in [1.807, 2.05) is 5.38 Å². The lowest BCUT2D eigenvalue weighted by atomic mass is 9.86. The van der Waals surface area contributed by atoms with E-state index in [0.29, 0.717) is 11.4 Å². The van der Waals surface area contributed by atoms with Gasteiger partial charge >= 0.3 is 0 Å². The number of nitrogens with one attached hydrogen (secondary N) is 2. The van der Waals surface area contributed by atoms with Crippen LogP contribution in [-0.2, 0) is 4.79 Å². The fourth-order valence-electron chi connectivity index (χ4n) is 2.55. The zero-order valence-corrected chi connectivity index (χ0v) is 13.0. The Balaban J connectivity index is 1.76. The van der Waals surface area contributed by atoms with Gasteiger partial charge in [0.25, 0.3) is 5.91 Å². The number of aliphatic hydroxyl groups is 1. The van der Waals surface area contributed by atoms with Gasteiger partial charge in [-0.15, -0.1) is 11.3 Å². The second kappa shape index (κ2) is 7.56. The summed E-state index contributed by atoms with van der Waals surface area (Å²) in [5, 5.41) is 17.2. The van der Waals surface area contributed by atoms with Crippen LogP contribution in [0.2, 0.25) is 0 Å². The fourth-order valence-corrected chi connectivity index (χ4v) is 3.18. The molecule has 0 bridgehead atoms. The van der Waals surface area contributed by atoms with Crippen molar-refractivity contribution in [3.63, 3.8) is 0 Å². The Labute approximate surface area is 128 Å². The fraction of sp³-hybridized carbons (Fsp3) is 0.600. The van der Waals surface area contributed by atoms with Crippen molar-refractivity contribution in [1.82, 2.24) is 10.6 Å². The van der Waals surface area contributed by atoms with Crippen LogP contribution in [0.4, 0.5) is 0 Å². The second-order valence-corrected chi connectivity index (χ2v) is 6.48. The average Bonchev–Trinajstić information content (AvgIpc) is 3.00. The highest BCUT2D eigenvalue weighted by Gasteiger charge is 2.24. The summed E-state index contributed by atoms with van der Waals surface area (Å²) in [5.41, 5.74) is 0. The standard InChI is InChI=1S/C15H22N2O3S/c1-10(17-15(20)13-7-4-8-21-13)14(19)16-9-11-5-2-3-6-12(11)18/h4,7-8,10-12,18H,2-3,5-6,9H2,1H3,(H,16,19)(H,17,20). The summed E-state index contributed by atoms with van der Waals surface area (Å²) in [4.78, 5) is 24.4. The predicted octanol–water partition coefficient (Wildman–Crippen LogP) is 1.53. The molecule has 1 aromatic heterocycles. The van der Waals surface area contributed by atoms with Gasteiger partial charge in [0.15, 0.2) is 0 Å². The molecule has 6 heteroatoms. The summed E-state index contributed by atoms with van der Waals surface area (Å²) in [6.45, 7) is 2.14. The molecule has 3 unspecified atom stereocenters. The molecule has 0 saturated heterocycles. The molecular formula is C15H22N2O3S. The topological polar surface area (TPSA) is 78.4 Å². The van der Waals surface area contributed by atoms with Crippen molar-refractivity contribution in [2.75, 3.05) is 6.54 Å². The molecule has 0 radical (unpaired) electrons. The van der Waals surface area contributed by atoms with Crippen molar-refractivity contribution in [1.29, 1.82) is 0 Å². The first-order valence-electron chi connectivity index (χ1n) is 7.38. The number of aliphatic hydroxyl groups excluding tert-OH is 1. The van der Waals surface area contributed by atoms with Gasteiger partial charge in [-0.25, -0.2) is 0 Å². The summed E-state index contributed by atoms with van der Waals surface area (Å²) in [5.74, 6) is -0.314. The van der Waals surface area contributed by atoms with E-state index in [4.69, 9.17) is 0 Å². The molecule has 0 spiro atoms. The van der Waals surface area contributed by atoms with Crippen LogP contribution >= 0.6 is 11.3 Å². The summed E-state index contributed by atoms with van der Waals surface area (Å²) in [6, 6.07) is 2.94. The molecule has 21 heavy (non-hydrogen) atoms. The lowest BCUT2D eigenvalue weighted by molar-refractivity contribution is -0.123. The van der Waals surface area contributed by atoms with Crippen LogP contribution in [0.5, 0.6) is 0 Å². The lowest BCUT2D eigenvalue weighted by Gasteiger charge is -2.28. The van der Waals surface area contributed by atoms with E-state index in [0.717, 1.165) is 25.7 Å². The molecular weight excluding hydrogens is 288 g/mol. The molecule has 3 N–H and O–H groups in total. The van der Waals surface area contributed by atoms with Gasteiger partial charge in [-0.3, -0.25) is 9.59 Å². The maximum absolute atomic E-state index is 12.0. The lowest BCUT2D eigenvalue weighted by Crippen LogP contribution is -2.47. The van der Waals surface area contributed by atoms with E-state index < -0.39 is 6.04 Å². The van der Waals surface area contributed by atoms with Crippen LogP contribution in [0.3, 0.4) is 0 Å². The maximum Gasteiger partial charge on any atom is 0.261 e. The number of rotatable bonds is 5. The quantitative estimate of drug-likeness (QED) is 0.772. The Bertz CT molecular complexity index is 475. The largest absolute Gasteiger partial charge is 0.393 e. The third-order valence-corrected chi connectivity index (χ3v) is 4.76. The highest BCUT2D eigenvalue weighted by Crippen LogP contribution is 2.23. The molecule has 5 nitrogen and oxygen atoms in total. The minimum atomic E-state index is -0.583. The molecule has 1 heterocycles. The molecule has 1 aliphatic carbocycles. The monoisotopic (exact) mass is 310 g/mol. The van der Waals surface area contributed by atoms with E-state index in [9.17, 15) is 14.7 Å². The Morgan fingerprint density at radius 2 is 2.19 bits per heavy atom. The molecule has 3 atom stereocenters. The van der Waals surface area contributed by atoms with Crippen molar-refractivity contribution in [2.45, 2.75) is 44.8 Å². The third-order valence-electron chi connectivity index (χ3n) is 3.89. The van der Waals surface area contributed by atoms with Gasteiger partial charge in [0, 0.05) is 12.5 Å². The molecule has 116 valence electrons. The number of hydrogen-bond donors (Lipinski definition) is 3. The number of carbonyl (C=O) groups is 2. The van der Waals surface area contributed by atoms with Gasteiger partial charge in [-0.1, -0.05) is 18.9 Å². The van der Waals surface area contributed by atoms with Gasteiger partial charge in [-0.05, 0) is 31.2 Å². The molecule has 1 saturated carbocycles. The normalized spacial score (nSPS) is 23.3. The molecule has 1 fully saturated rings. The van der Waals surface area contributed by atoms with Crippen molar-refractivity contribution in [3.8, 4) is 0 Å². The molecule has 1 aromatic rings. The van der Waals surface area contributed by atoms with E-state index in [1.165, 1.54) is 11.3 Å². The predicted molar refractivity (Wildman–Crippen MR) is 82.2 cm³/mol. The van der Waals surface area contributed by atoms with Crippen LogP contribution in [0.25, 0.3) is 0 Å². The number of carbonyl (C=O) groups excluding carboxylic acids is 2. The number of thiophene rings is 1. The summed E-state index contributed by atoms with van der Waals surface area (Å²) < 4.78 is 0. The van der Waals surface area contributed by atoms with Crippen LogP contribution in [0.15, 0.2) is 17.5 Å². The first kappa shape index (κ1) is 16.0. The van der Waals surface area contributed by atoms with E-state index >= 15 is 0 Å². The zero-order valence-electron chi connectivity index (χ0n) is 12.2. The Hall–Kier alpha value is -1.40. The average molecular weight is 310 g/mol. The highest BCUT2D eigenvalue weighted by molar-refractivity contribution is 7.12. The summed E-state index contributed by atoms with van der Waals surface area (Å²) >= 11 is 1.34. The van der Waals surface area contributed by atoms with Crippen LogP contribution in [0, 0.1) is 5.92 Å². The van der Waals surface area contributed by atoms with Gasteiger partial charge in [0.2, 0.25) is 5.91 Å². The molecule has 1 aliphatic rings. The third kappa shape index (κ3) is 4.54. The SMILES string of the molecule is CC(NC(=O)c1cccs1)C(=O)NCC1CCCCC1O. The zero-order chi connectivity index (χ0) is 15.2. The van der Waals surface area contributed by atoms with Gasteiger partial charge in [0.1, 0.15) is 6.04 Å². The van der Waals surface area contributed by atoms with Crippen LogP contribution in [0.1, 0.15) is 42.3 Å². The molecule has 2 amide bonds. The molecule has 0 aromatic carbocycles. The van der Waals surface area contributed by atoms with Crippen molar-refractivity contribution >= 4 is 23.2 Å². The van der Waals surface area contributed by atoms with Gasteiger partial charge < -0.3 is 15.7 Å². The first-order chi connectivity index (χ1) is 10.1. The molecule has 0 aliphatic heterocycles. The molecule has 2 rings (SSSR count).